The lowest BCUT2D eigenvalue weighted by Gasteiger charge is -2.30. The minimum absolute atomic E-state index is 0.231. The number of carboxylic acid groups (broad SMARTS) is 1. The first-order chi connectivity index (χ1) is 10.6. The number of likely N-dealkylation sites (tertiary alicyclic amines) is 1. The fraction of sp³-hybridized carbons (Fsp3) is 0.312. The standard InChI is InChI=1S/C16H17N3O3/c17-12-4-3-10-5-6-18-14(13(10)8-12)15(20)19-7-1-2-11(9-19)16(21)22/h3-6,8,11H,1-2,7,9,17H2,(H,21,22). The van der Waals surface area contributed by atoms with E-state index in [9.17, 15) is 9.59 Å². The smallest absolute Gasteiger partial charge is 0.308 e. The second-order valence-corrected chi connectivity index (χ2v) is 5.57. The Morgan fingerprint density at radius 3 is 2.91 bits per heavy atom. The summed E-state index contributed by atoms with van der Waals surface area (Å²) in [5.74, 6) is -1.59. The molecule has 1 amide bonds. The molecule has 0 aliphatic carbocycles. The summed E-state index contributed by atoms with van der Waals surface area (Å²) < 4.78 is 0. The van der Waals surface area contributed by atoms with Crippen LogP contribution in [0.4, 0.5) is 5.69 Å². The highest BCUT2D eigenvalue weighted by Crippen LogP contribution is 2.23. The maximum atomic E-state index is 12.7. The number of pyridine rings is 1. The lowest BCUT2D eigenvalue weighted by Crippen LogP contribution is -2.42. The average Bonchev–Trinajstić information content (AvgIpc) is 2.53. The zero-order chi connectivity index (χ0) is 15.7. The van der Waals surface area contributed by atoms with Crippen LogP contribution < -0.4 is 5.73 Å². The van der Waals surface area contributed by atoms with E-state index in [1.165, 1.54) is 0 Å². The molecular formula is C16H17N3O3. The minimum Gasteiger partial charge on any atom is -0.481 e. The predicted molar refractivity (Wildman–Crippen MR) is 82.4 cm³/mol. The number of anilines is 1. The maximum absolute atomic E-state index is 12.7. The number of amides is 1. The molecule has 6 nitrogen and oxygen atoms in total. The van der Waals surface area contributed by atoms with Gasteiger partial charge in [0.2, 0.25) is 0 Å². The largest absolute Gasteiger partial charge is 0.481 e. The SMILES string of the molecule is Nc1ccc2ccnc(C(=O)N3CCCC(C(=O)O)C3)c2c1. The van der Waals surface area contributed by atoms with Crippen LogP contribution in [0.3, 0.4) is 0 Å². The van der Waals surface area contributed by atoms with Crippen molar-refractivity contribution in [3.8, 4) is 0 Å². The number of piperidine rings is 1. The van der Waals surface area contributed by atoms with Crippen LogP contribution >= 0.6 is 0 Å². The van der Waals surface area contributed by atoms with Crippen molar-refractivity contribution < 1.29 is 14.7 Å². The van der Waals surface area contributed by atoms with Gasteiger partial charge in [0.05, 0.1) is 5.92 Å². The molecule has 6 heteroatoms. The summed E-state index contributed by atoms with van der Waals surface area (Å²) in [5.41, 5.74) is 6.70. The highest BCUT2D eigenvalue weighted by atomic mass is 16.4. The lowest BCUT2D eigenvalue weighted by molar-refractivity contribution is -0.143. The van der Waals surface area contributed by atoms with Crippen molar-refractivity contribution in [2.75, 3.05) is 18.8 Å². The summed E-state index contributed by atoms with van der Waals surface area (Å²) in [6.45, 7) is 0.789. The fourth-order valence-electron chi connectivity index (χ4n) is 2.87. The zero-order valence-corrected chi connectivity index (χ0v) is 12.0. The van der Waals surface area contributed by atoms with E-state index in [2.05, 4.69) is 4.98 Å². The molecule has 22 heavy (non-hydrogen) atoms. The van der Waals surface area contributed by atoms with Crippen LogP contribution in [-0.2, 0) is 4.79 Å². The van der Waals surface area contributed by atoms with Crippen molar-refractivity contribution in [3.05, 3.63) is 36.2 Å². The van der Waals surface area contributed by atoms with Crippen molar-refractivity contribution in [1.29, 1.82) is 0 Å². The molecule has 3 rings (SSSR count). The number of nitrogens with two attached hydrogens (primary N) is 1. The van der Waals surface area contributed by atoms with E-state index in [0.29, 0.717) is 36.2 Å². The number of aromatic nitrogens is 1. The first-order valence-electron chi connectivity index (χ1n) is 7.22. The molecule has 1 aromatic heterocycles. The lowest BCUT2D eigenvalue weighted by atomic mass is 9.97. The monoisotopic (exact) mass is 299 g/mol. The minimum atomic E-state index is -0.854. The number of nitrogen functional groups attached to an aromatic ring is 1. The molecule has 2 heterocycles. The number of hydrogen-bond donors (Lipinski definition) is 2. The van der Waals surface area contributed by atoms with Crippen LogP contribution in [0.1, 0.15) is 23.3 Å². The molecule has 114 valence electrons. The van der Waals surface area contributed by atoms with Gasteiger partial charge in [-0.05, 0) is 36.4 Å². The fourth-order valence-corrected chi connectivity index (χ4v) is 2.87. The van der Waals surface area contributed by atoms with E-state index in [4.69, 9.17) is 10.8 Å². The second-order valence-electron chi connectivity index (χ2n) is 5.57. The number of carbonyl (C=O) groups excluding carboxylic acids is 1. The van der Waals surface area contributed by atoms with E-state index in [0.717, 1.165) is 5.39 Å². The van der Waals surface area contributed by atoms with Crippen molar-refractivity contribution in [2.45, 2.75) is 12.8 Å². The highest BCUT2D eigenvalue weighted by molar-refractivity contribution is 6.06. The van der Waals surface area contributed by atoms with Crippen molar-refractivity contribution >= 4 is 28.3 Å². The summed E-state index contributed by atoms with van der Waals surface area (Å²) in [6.07, 6.45) is 2.88. The molecule has 2 aromatic rings. The topological polar surface area (TPSA) is 96.5 Å². The van der Waals surface area contributed by atoms with Crippen LogP contribution in [-0.4, -0.2) is 40.0 Å². The third-order valence-corrected chi connectivity index (χ3v) is 4.05. The quantitative estimate of drug-likeness (QED) is 0.824. The van der Waals surface area contributed by atoms with E-state index in [1.54, 1.807) is 23.2 Å². The summed E-state index contributed by atoms with van der Waals surface area (Å²) in [4.78, 5) is 29.6. The number of fused-ring (bicyclic) bond motifs is 1. The van der Waals surface area contributed by atoms with Crippen LogP contribution in [0.5, 0.6) is 0 Å². The number of rotatable bonds is 2. The van der Waals surface area contributed by atoms with Gasteiger partial charge in [0.1, 0.15) is 5.69 Å². The van der Waals surface area contributed by atoms with Crippen molar-refractivity contribution in [3.63, 3.8) is 0 Å². The number of aliphatic carboxylic acids is 1. The van der Waals surface area contributed by atoms with Gasteiger partial charge >= 0.3 is 5.97 Å². The highest BCUT2D eigenvalue weighted by Gasteiger charge is 2.29. The molecule has 1 fully saturated rings. The van der Waals surface area contributed by atoms with Crippen LogP contribution in [0.2, 0.25) is 0 Å². The van der Waals surface area contributed by atoms with Gasteiger partial charge in [0, 0.05) is 30.4 Å². The van der Waals surface area contributed by atoms with E-state index in [1.807, 2.05) is 12.1 Å². The van der Waals surface area contributed by atoms with Crippen LogP contribution in [0.15, 0.2) is 30.5 Å². The molecule has 0 spiro atoms. The van der Waals surface area contributed by atoms with Crippen LogP contribution in [0.25, 0.3) is 10.8 Å². The Labute approximate surface area is 127 Å². The summed E-state index contributed by atoms with van der Waals surface area (Å²) in [5, 5.41) is 10.7. The molecule has 1 aliphatic heterocycles. The molecule has 0 radical (unpaired) electrons. The van der Waals surface area contributed by atoms with Gasteiger partial charge in [-0.25, -0.2) is 0 Å². The zero-order valence-electron chi connectivity index (χ0n) is 12.0. The number of hydrogen-bond acceptors (Lipinski definition) is 4. The Morgan fingerprint density at radius 1 is 1.32 bits per heavy atom. The van der Waals surface area contributed by atoms with Crippen molar-refractivity contribution in [2.24, 2.45) is 5.92 Å². The van der Waals surface area contributed by atoms with Gasteiger partial charge in [-0.3, -0.25) is 14.6 Å². The molecule has 1 atom stereocenters. The van der Waals surface area contributed by atoms with Gasteiger partial charge in [-0.1, -0.05) is 6.07 Å². The Morgan fingerprint density at radius 2 is 2.14 bits per heavy atom. The van der Waals surface area contributed by atoms with Crippen molar-refractivity contribution in [1.82, 2.24) is 9.88 Å². The molecular weight excluding hydrogens is 282 g/mol. The molecule has 0 bridgehead atoms. The molecule has 3 N–H and O–H groups in total. The molecule has 1 saturated heterocycles. The molecule has 1 unspecified atom stereocenters. The van der Waals surface area contributed by atoms with Gasteiger partial charge in [-0.15, -0.1) is 0 Å². The Kier molecular flexibility index (Phi) is 3.66. The third-order valence-electron chi connectivity index (χ3n) is 4.05. The molecule has 1 aromatic carbocycles. The third kappa shape index (κ3) is 2.59. The van der Waals surface area contributed by atoms with Gasteiger partial charge in [0.15, 0.2) is 0 Å². The number of carbonyl (C=O) groups is 2. The number of nitrogens with zero attached hydrogens (tertiary/aromatic N) is 2. The van der Waals surface area contributed by atoms with Crippen LogP contribution in [0, 0.1) is 5.92 Å². The number of carboxylic acids is 1. The van der Waals surface area contributed by atoms with Gasteiger partial charge in [0.25, 0.3) is 5.91 Å². The Balaban J connectivity index is 1.95. The first-order valence-corrected chi connectivity index (χ1v) is 7.22. The normalized spacial score (nSPS) is 18.4. The molecule has 1 aliphatic rings. The average molecular weight is 299 g/mol. The van der Waals surface area contributed by atoms with E-state index < -0.39 is 11.9 Å². The maximum Gasteiger partial charge on any atom is 0.308 e. The number of benzene rings is 1. The summed E-state index contributed by atoms with van der Waals surface area (Å²) >= 11 is 0. The van der Waals surface area contributed by atoms with E-state index in [-0.39, 0.29) is 12.5 Å². The summed E-state index contributed by atoms with van der Waals surface area (Å²) in [6, 6.07) is 7.17. The Bertz CT molecular complexity index is 744. The summed E-state index contributed by atoms with van der Waals surface area (Å²) in [7, 11) is 0. The van der Waals surface area contributed by atoms with E-state index >= 15 is 0 Å². The first kappa shape index (κ1) is 14.3. The predicted octanol–water partition coefficient (Wildman–Crippen LogP) is 1.75. The van der Waals surface area contributed by atoms with Gasteiger partial charge in [-0.2, -0.15) is 0 Å². The Hall–Kier alpha value is -2.63. The molecule has 0 saturated carbocycles. The van der Waals surface area contributed by atoms with Gasteiger partial charge < -0.3 is 15.7 Å². The second kappa shape index (κ2) is 5.63.